The first-order chi connectivity index (χ1) is 20.6. The largest absolute Gasteiger partial charge is 0.395 e. The van der Waals surface area contributed by atoms with Crippen LogP contribution in [0.2, 0.25) is 0 Å². The van der Waals surface area contributed by atoms with Gasteiger partial charge >= 0.3 is 0 Å². The zero-order valence-corrected chi connectivity index (χ0v) is 22.9. The van der Waals surface area contributed by atoms with E-state index in [-0.39, 0.29) is 30.9 Å². The molecule has 5 aromatic rings. The van der Waals surface area contributed by atoms with Gasteiger partial charge in [0.05, 0.1) is 12.9 Å². The summed E-state index contributed by atoms with van der Waals surface area (Å²) in [7, 11) is 0. The van der Waals surface area contributed by atoms with Gasteiger partial charge in [0, 0.05) is 25.4 Å². The molecule has 6 rings (SSSR count). The predicted octanol–water partition coefficient (Wildman–Crippen LogP) is 2.41. The average Bonchev–Trinajstić information content (AvgIpc) is 3.75. The molecule has 1 fully saturated rings. The van der Waals surface area contributed by atoms with Crippen molar-refractivity contribution in [1.82, 2.24) is 29.7 Å². The molecule has 3 aromatic heterocycles. The number of hydrogen-bond acceptors (Lipinski definition) is 12. The zero-order valence-electron chi connectivity index (χ0n) is 22.9. The van der Waals surface area contributed by atoms with Gasteiger partial charge in [0.15, 0.2) is 35.1 Å². The molecule has 1 saturated heterocycles. The van der Waals surface area contributed by atoms with E-state index >= 15 is 0 Å². The first kappa shape index (κ1) is 27.7. The highest BCUT2D eigenvalue weighted by atomic mass is 16.6. The summed E-state index contributed by atoms with van der Waals surface area (Å²) in [6.07, 6.45) is -2.68. The standard InChI is InChI=1S/C29H32N8O5/c1-2-20-33-27(42-36-20)24-22(39)23(40)28(41-24)37-16-32-21-25(34-29(30-13-14-38)35-26(21)37)31-15-19(17-9-5-3-6-10-17)18-11-7-4-8-12-18/h3-12,16,19,22-24,28,38-40H,2,13-15H2,1H3,(H2,30,31,34,35)/t22-,23+,24-,28+/m0/s1. The number of fused-ring (bicyclic) bond motifs is 1. The maximum absolute atomic E-state index is 11.0. The van der Waals surface area contributed by atoms with Gasteiger partial charge in [-0.3, -0.25) is 4.57 Å². The molecule has 5 N–H and O–H groups in total. The Hall–Kier alpha value is -4.43. The first-order valence-electron chi connectivity index (χ1n) is 13.8. The number of rotatable bonds is 11. The van der Waals surface area contributed by atoms with Gasteiger partial charge in [-0.2, -0.15) is 15.0 Å². The Balaban J connectivity index is 1.33. The van der Waals surface area contributed by atoms with Crippen molar-refractivity contribution >= 4 is 22.9 Å². The van der Waals surface area contributed by atoms with Crippen molar-refractivity contribution in [2.75, 3.05) is 30.3 Å². The van der Waals surface area contributed by atoms with E-state index in [9.17, 15) is 15.3 Å². The predicted molar refractivity (Wildman–Crippen MR) is 153 cm³/mol. The summed E-state index contributed by atoms with van der Waals surface area (Å²) in [5.41, 5.74) is 3.09. The Kier molecular flexibility index (Phi) is 8.06. The minimum Gasteiger partial charge on any atom is -0.395 e. The molecule has 13 nitrogen and oxygen atoms in total. The van der Waals surface area contributed by atoms with Gasteiger partial charge in [0.25, 0.3) is 5.89 Å². The highest BCUT2D eigenvalue weighted by Crippen LogP contribution is 2.40. The number of hydrogen-bond donors (Lipinski definition) is 5. The summed E-state index contributed by atoms with van der Waals surface area (Å²) in [6.45, 7) is 2.50. The zero-order chi connectivity index (χ0) is 29.1. The third kappa shape index (κ3) is 5.42. The van der Waals surface area contributed by atoms with E-state index in [1.54, 1.807) is 4.57 Å². The molecule has 0 spiro atoms. The lowest BCUT2D eigenvalue weighted by Gasteiger charge is -2.20. The topological polar surface area (TPSA) is 176 Å². The van der Waals surface area contributed by atoms with Crippen molar-refractivity contribution in [3.05, 3.63) is 89.8 Å². The second-order valence-corrected chi connectivity index (χ2v) is 9.96. The lowest BCUT2D eigenvalue weighted by Crippen LogP contribution is -2.29. The van der Waals surface area contributed by atoms with Gasteiger partial charge in [-0.15, -0.1) is 0 Å². The Labute approximate surface area is 241 Å². The van der Waals surface area contributed by atoms with Crippen LogP contribution in [0.25, 0.3) is 11.2 Å². The van der Waals surface area contributed by atoms with Crippen molar-refractivity contribution in [1.29, 1.82) is 0 Å². The Bertz CT molecular complexity index is 1570. The molecule has 0 saturated carbocycles. The number of aliphatic hydroxyl groups is 3. The third-order valence-electron chi connectivity index (χ3n) is 7.25. The molecule has 4 heterocycles. The lowest BCUT2D eigenvalue weighted by atomic mass is 9.91. The minimum atomic E-state index is -1.33. The van der Waals surface area contributed by atoms with Crippen molar-refractivity contribution in [3.63, 3.8) is 0 Å². The summed E-state index contributed by atoms with van der Waals surface area (Å²) >= 11 is 0. The first-order valence-corrected chi connectivity index (χ1v) is 13.8. The SMILES string of the molecule is CCc1noc([C@H]2O[C@@H](n3cnc4c(NCC(c5ccccc5)c5ccccc5)nc(NCCO)nc43)[C@H](O)[C@@H]2O)n1. The van der Waals surface area contributed by atoms with E-state index in [2.05, 4.69) is 60.0 Å². The van der Waals surface area contributed by atoms with Gasteiger partial charge in [0.2, 0.25) is 5.95 Å². The molecule has 0 radical (unpaired) electrons. The van der Waals surface area contributed by atoms with Crippen LogP contribution in [-0.4, -0.2) is 76.9 Å². The maximum atomic E-state index is 11.0. The summed E-state index contributed by atoms with van der Waals surface area (Å²) in [4.78, 5) is 18.1. The maximum Gasteiger partial charge on any atom is 0.258 e. The van der Waals surface area contributed by atoms with Crippen LogP contribution in [-0.2, 0) is 11.2 Å². The molecule has 0 aliphatic carbocycles. The average molecular weight is 573 g/mol. The van der Waals surface area contributed by atoms with Crippen LogP contribution in [0.15, 0.2) is 71.5 Å². The van der Waals surface area contributed by atoms with Crippen LogP contribution in [0, 0.1) is 0 Å². The number of aryl methyl sites for hydroxylation is 1. The van der Waals surface area contributed by atoms with Crippen LogP contribution < -0.4 is 10.6 Å². The summed E-state index contributed by atoms with van der Waals surface area (Å²) < 4.78 is 12.9. The molecule has 42 heavy (non-hydrogen) atoms. The second-order valence-electron chi connectivity index (χ2n) is 9.96. The van der Waals surface area contributed by atoms with E-state index < -0.39 is 24.5 Å². The smallest absolute Gasteiger partial charge is 0.258 e. The number of imidazole rings is 1. The monoisotopic (exact) mass is 572 g/mol. The van der Waals surface area contributed by atoms with E-state index in [4.69, 9.17) is 9.26 Å². The summed E-state index contributed by atoms with van der Waals surface area (Å²) in [5, 5.41) is 41.5. The molecule has 2 aromatic carbocycles. The van der Waals surface area contributed by atoms with E-state index in [1.165, 1.54) is 6.33 Å². The van der Waals surface area contributed by atoms with Gasteiger partial charge in [-0.25, -0.2) is 4.98 Å². The lowest BCUT2D eigenvalue weighted by molar-refractivity contribution is -0.0451. The fourth-order valence-corrected chi connectivity index (χ4v) is 5.09. The van der Waals surface area contributed by atoms with Crippen LogP contribution in [0.3, 0.4) is 0 Å². The van der Waals surface area contributed by atoms with Gasteiger partial charge in [-0.1, -0.05) is 72.7 Å². The quantitative estimate of drug-likeness (QED) is 0.156. The van der Waals surface area contributed by atoms with E-state index in [1.807, 2.05) is 43.3 Å². The number of anilines is 2. The molecule has 0 unspecified atom stereocenters. The second kappa shape index (κ2) is 12.2. The Morgan fingerprint density at radius 3 is 2.29 bits per heavy atom. The molecule has 0 amide bonds. The molecule has 218 valence electrons. The summed E-state index contributed by atoms with van der Waals surface area (Å²) in [5.74, 6) is 1.29. The fraction of sp³-hybridized carbons (Fsp3) is 0.345. The molecular weight excluding hydrogens is 540 g/mol. The Morgan fingerprint density at radius 1 is 0.929 bits per heavy atom. The number of aliphatic hydroxyl groups excluding tert-OH is 3. The summed E-state index contributed by atoms with van der Waals surface area (Å²) in [6, 6.07) is 20.4. The van der Waals surface area contributed by atoms with Gasteiger partial charge in [0.1, 0.15) is 12.2 Å². The van der Waals surface area contributed by atoms with Crippen LogP contribution in [0.4, 0.5) is 11.8 Å². The van der Waals surface area contributed by atoms with Crippen LogP contribution in [0.1, 0.15) is 48.0 Å². The molecule has 4 atom stereocenters. The van der Waals surface area contributed by atoms with Gasteiger partial charge in [-0.05, 0) is 11.1 Å². The van der Waals surface area contributed by atoms with Crippen molar-refractivity contribution in [2.45, 2.75) is 43.8 Å². The van der Waals surface area contributed by atoms with Crippen molar-refractivity contribution < 1.29 is 24.6 Å². The molecule has 1 aliphatic rings. The number of aromatic nitrogens is 6. The van der Waals surface area contributed by atoms with Crippen molar-refractivity contribution in [3.8, 4) is 0 Å². The molecule has 13 heteroatoms. The number of nitrogens with zero attached hydrogens (tertiary/aromatic N) is 6. The fourth-order valence-electron chi connectivity index (χ4n) is 5.09. The Morgan fingerprint density at radius 2 is 1.64 bits per heavy atom. The minimum absolute atomic E-state index is 0.0201. The van der Waals surface area contributed by atoms with E-state index in [0.29, 0.717) is 35.8 Å². The normalized spacial score (nSPS) is 20.4. The highest BCUT2D eigenvalue weighted by molar-refractivity contribution is 5.84. The highest BCUT2D eigenvalue weighted by Gasteiger charge is 2.47. The van der Waals surface area contributed by atoms with Crippen LogP contribution >= 0.6 is 0 Å². The van der Waals surface area contributed by atoms with Crippen LogP contribution in [0.5, 0.6) is 0 Å². The molecule has 1 aliphatic heterocycles. The van der Waals surface area contributed by atoms with Crippen molar-refractivity contribution in [2.24, 2.45) is 0 Å². The number of ether oxygens (including phenoxy) is 1. The van der Waals surface area contributed by atoms with E-state index in [0.717, 1.165) is 11.1 Å². The number of nitrogens with one attached hydrogen (secondary N) is 2. The van der Waals surface area contributed by atoms with Gasteiger partial charge < -0.3 is 35.2 Å². The number of benzene rings is 2. The third-order valence-corrected chi connectivity index (χ3v) is 7.25. The molecule has 0 bridgehead atoms. The molecular formula is C29H32N8O5.